The van der Waals surface area contributed by atoms with Crippen LogP contribution >= 0.6 is 0 Å². The van der Waals surface area contributed by atoms with Crippen molar-refractivity contribution in [3.8, 4) is 0 Å². The number of nitrogens with zero attached hydrogens (tertiary/aromatic N) is 3. The van der Waals surface area contributed by atoms with Crippen molar-refractivity contribution >= 4 is 17.8 Å². The van der Waals surface area contributed by atoms with Crippen molar-refractivity contribution in [3.05, 3.63) is 17.0 Å². The first-order chi connectivity index (χ1) is 15.0. The fourth-order valence-corrected chi connectivity index (χ4v) is 4.19. The molecule has 0 atom stereocenters. The Labute approximate surface area is 183 Å². The Hall–Kier alpha value is -2.42. The molecular weight excluding hydrogens is 400 g/mol. The van der Waals surface area contributed by atoms with E-state index < -0.39 is 0 Å². The Morgan fingerprint density at radius 1 is 1.23 bits per heavy atom. The number of hydrogen-bond donors (Lipinski definition) is 1. The minimum atomic E-state index is -0.218. The highest BCUT2D eigenvalue weighted by Crippen LogP contribution is 2.20. The SMILES string of the molecule is CCc1nn(CCOC(=O)C2CCN(C(C)=O)CC2)c2c1C(=O)NCCCOCCC2. The van der Waals surface area contributed by atoms with Crippen LogP contribution in [0.1, 0.15) is 61.3 Å². The van der Waals surface area contributed by atoms with Gasteiger partial charge >= 0.3 is 5.97 Å². The molecule has 1 N–H and O–H groups in total. The Morgan fingerprint density at radius 3 is 2.68 bits per heavy atom. The molecule has 9 nitrogen and oxygen atoms in total. The molecule has 172 valence electrons. The van der Waals surface area contributed by atoms with Gasteiger partial charge in [-0.15, -0.1) is 0 Å². The molecule has 0 spiro atoms. The minimum Gasteiger partial charge on any atom is -0.463 e. The van der Waals surface area contributed by atoms with Crippen LogP contribution in [-0.4, -0.2) is 71.9 Å². The van der Waals surface area contributed by atoms with Gasteiger partial charge in [0.15, 0.2) is 0 Å². The zero-order valence-electron chi connectivity index (χ0n) is 18.7. The first kappa shape index (κ1) is 23.2. The molecule has 31 heavy (non-hydrogen) atoms. The van der Waals surface area contributed by atoms with E-state index in [0.717, 1.165) is 24.2 Å². The molecule has 9 heteroatoms. The molecule has 0 radical (unpaired) electrons. The van der Waals surface area contributed by atoms with Crippen LogP contribution in [0.15, 0.2) is 0 Å². The average molecular weight is 435 g/mol. The summed E-state index contributed by atoms with van der Waals surface area (Å²) in [5.74, 6) is -0.427. The number of aromatic nitrogens is 2. The predicted molar refractivity (Wildman–Crippen MR) is 114 cm³/mol. The van der Waals surface area contributed by atoms with Gasteiger partial charge in [0, 0.05) is 39.8 Å². The Balaban J connectivity index is 1.61. The van der Waals surface area contributed by atoms with Gasteiger partial charge in [-0.05, 0) is 38.5 Å². The standard InChI is InChI=1S/C22H34N4O5/c1-3-18-20-19(6-4-13-30-14-5-9-23-21(20)28)26(24-18)12-15-31-22(29)17-7-10-25(11-8-17)16(2)27/h17H,3-15H2,1-2H3,(H,23,28). The van der Waals surface area contributed by atoms with Gasteiger partial charge in [-0.25, -0.2) is 0 Å². The van der Waals surface area contributed by atoms with Crippen LogP contribution < -0.4 is 5.32 Å². The van der Waals surface area contributed by atoms with E-state index in [0.29, 0.717) is 70.6 Å². The lowest BCUT2D eigenvalue weighted by atomic mass is 9.97. The van der Waals surface area contributed by atoms with E-state index in [1.54, 1.807) is 11.8 Å². The Bertz CT molecular complexity index is 783. The van der Waals surface area contributed by atoms with E-state index in [4.69, 9.17) is 9.47 Å². The topological polar surface area (TPSA) is 103 Å². The first-order valence-electron chi connectivity index (χ1n) is 11.4. The van der Waals surface area contributed by atoms with Crippen LogP contribution in [0.4, 0.5) is 0 Å². The number of fused-ring (bicyclic) bond motifs is 1. The van der Waals surface area contributed by atoms with Gasteiger partial charge < -0.3 is 19.7 Å². The second-order valence-corrected chi connectivity index (χ2v) is 8.12. The molecule has 0 bridgehead atoms. The van der Waals surface area contributed by atoms with E-state index in [1.807, 2.05) is 11.6 Å². The maximum atomic E-state index is 12.8. The fraction of sp³-hybridized carbons (Fsp3) is 0.727. The summed E-state index contributed by atoms with van der Waals surface area (Å²) in [6, 6.07) is 0. The average Bonchev–Trinajstić information content (AvgIpc) is 3.10. The molecule has 0 unspecified atom stereocenters. The van der Waals surface area contributed by atoms with Gasteiger partial charge in [-0.2, -0.15) is 5.10 Å². The van der Waals surface area contributed by atoms with Gasteiger partial charge in [0.2, 0.25) is 5.91 Å². The number of carbonyl (C=O) groups excluding carboxylic acids is 3. The second kappa shape index (κ2) is 11.3. The van der Waals surface area contributed by atoms with Crippen molar-refractivity contribution < 1.29 is 23.9 Å². The summed E-state index contributed by atoms with van der Waals surface area (Å²) < 4.78 is 13.0. The number of piperidine rings is 1. The third-order valence-corrected chi connectivity index (χ3v) is 5.97. The molecule has 1 aromatic rings. The highest BCUT2D eigenvalue weighted by molar-refractivity contribution is 5.96. The quantitative estimate of drug-likeness (QED) is 0.702. The highest BCUT2D eigenvalue weighted by Gasteiger charge is 2.27. The van der Waals surface area contributed by atoms with Gasteiger partial charge in [-0.3, -0.25) is 19.1 Å². The van der Waals surface area contributed by atoms with Crippen molar-refractivity contribution in [2.45, 2.75) is 58.9 Å². The van der Waals surface area contributed by atoms with Gasteiger partial charge in [0.25, 0.3) is 5.91 Å². The molecule has 0 saturated carbocycles. The largest absolute Gasteiger partial charge is 0.463 e. The zero-order chi connectivity index (χ0) is 22.2. The van der Waals surface area contributed by atoms with Gasteiger partial charge in [-0.1, -0.05) is 6.92 Å². The summed E-state index contributed by atoms with van der Waals surface area (Å²) in [5.41, 5.74) is 2.31. The smallest absolute Gasteiger partial charge is 0.309 e. The number of aryl methyl sites for hydroxylation is 1. The third-order valence-electron chi connectivity index (χ3n) is 5.97. The lowest BCUT2D eigenvalue weighted by molar-refractivity contribution is -0.151. The molecule has 3 rings (SSSR count). The van der Waals surface area contributed by atoms with Crippen LogP contribution in [0.3, 0.4) is 0 Å². The first-order valence-corrected chi connectivity index (χ1v) is 11.4. The monoisotopic (exact) mass is 434 g/mol. The molecule has 2 amide bonds. The second-order valence-electron chi connectivity index (χ2n) is 8.12. The molecule has 0 aromatic carbocycles. The van der Waals surface area contributed by atoms with E-state index in [1.165, 1.54) is 0 Å². The lowest BCUT2D eigenvalue weighted by Crippen LogP contribution is -2.39. The maximum absolute atomic E-state index is 12.8. The highest BCUT2D eigenvalue weighted by atomic mass is 16.5. The number of likely N-dealkylation sites (tertiary alicyclic amines) is 1. The number of ether oxygens (including phenoxy) is 2. The summed E-state index contributed by atoms with van der Waals surface area (Å²) in [4.78, 5) is 38.4. The Kier molecular flexibility index (Phi) is 8.45. The van der Waals surface area contributed by atoms with Gasteiger partial charge in [0.05, 0.1) is 29.4 Å². The number of carbonyl (C=O) groups is 3. The van der Waals surface area contributed by atoms with Crippen molar-refractivity contribution in [1.29, 1.82) is 0 Å². The normalized spacial score (nSPS) is 18.6. The van der Waals surface area contributed by atoms with Crippen LogP contribution in [0.5, 0.6) is 0 Å². The van der Waals surface area contributed by atoms with Crippen molar-refractivity contribution in [1.82, 2.24) is 20.0 Å². The lowest BCUT2D eigenvalue weighted by Gasteiger charge is -2.30. The molecule has 1 saturated heterocycles. The summed E-state index contributed by atoms with van der Waals surface area (Å²) in [7, 11) is 0. The fourth-order valence-electron chi connectivity index (χ4n) is 4.19. The van der Waals surface area contributed by atoms with Crippen LogP contribution in [0, 0.1) is 5.92 Å². The van der Waals surface area contributed by atoms with E-state index in [9.17, 15) is 14.4 Å². The van der Waals surface area contributed by atoms with E-state index >= 15 is 0 Å². The van der Waals surface area contributed by atoms with E-state index in [2.05, 4.69) is 10.4 Å². The van der Waals surface area contributed by atoms with E-state index in [-0.39, 0.29) is 30.3 Å². The Morgan fingerprint density at radius 2 is 1.97 bits per heavy atom. The van der Waals surface area contributed by atoms with Crippen molar-refractivity contribution in [2.75, 3.05) is 39.5 Å². The molecule has 3 heterocycles. The number of esters is 1. The molecule has 0 aliphatic carbocycles. The molecular formula is C22H34N4O5. The van der Waals surface area contributed by atoms with Crippen LogP contribution in [0.2, 0.25) is 0 Å². The minimum absolute atomic E-state index is 0.0466. The van der Waals surface area contributed by atoms with Gasteiger partial charge in [0.1, 0.15) is 6.61 Å². The molecule has 2 aliphatic heterocycles. The van der Waals surface area contributed by atoms with Crippen LogP contribution in [0.25, 0.3) is 0 Å². The summed E-state index contributed by atoms with van der Waals surface area (Å²) in [5, 5.41) is 7.61. The summed E-state index contributed by atoms with van der Waals surface area (Å²) in [6.07, 6.45) is 4.22. The predicted octanol–water partition coefficient (Wildman–Crippen LogP) is 1.33. The summed E-state index contributed by atoms with van der Waals surface area (Å²) in [6.45, 7) is 7.22. The summed E-state index contributed by atoms with van der Waals surface area (Å²) >= 11 is 0. The number of hydrogen-bond acceptors (Lipinski definition) is 6. The van der Waals surface area contributed by atoms with Crippen molar-refractivity contribution in [3.63, 3.8) is 0 Å². The molecule has 1 fully saturated rings. The van der Waals surface area contributed by atoms with Crippen LogP contribution in [-0.2, 0) is 38.4 Å². The van der Waals surface area contributed by atoms with Crippen molar-refractivity contribution in [2.24, 2.45) is 5.92 Å². The number of nitrogens with one attached hydrogen (secondary N) is 1. The number of rotatable bonds is 5. The number of amides is 2. The maximum Gasteiger partial charge on any atom is 0.309 e. The zero-order valence-corrected chi connectivity index (χ0v) is 18.7. The molecule has 1 aromatic heterocycles. The molecule has 2 aliphatic rings. The third kappa shape index (κ3) is 6.06.